The fourth-order valence-electron chi connectivity index (χ4n) is 2.39. The van der Waals surface area contributed by atoms with Gasteiger partial charge in [0, 0.05) is 6.20 Å². The van der Waals surface area contributed by atoms with Crippen LogP contribution in [0.1, 0.15) is 5.56 Å². The molecule has 3 aromatic rings. The van der Waals surface area contributed by atoms with Crippen molar-refractivity contribution in [3.05, 3.63) is 69.6 Å². The van der Waals surface area contributed by atoms with E-state index in [1.54, 1.807) is 24.3 Å². The molecule has 22 heavy (non-hydrogen) atoms. The summed E-state index contributed by atoms with van der Waals surface area (Å²) < 4.78 is 39.0. The molecule has 0 bridgehead atoms. The molecule has 0 fully saturated rings. The van der Waals surface area contributed by atoms with E-state index in [2.05, 4.69) is 4.98 Å². The van der Waals surface area contributed by atoms with Gasteiger partial charge in [-0.15, -0.1) is 0 Å². The van der Waals surface area contributed by atoms with Crippen molar-refractivity contribution in [2.45, 2.75) is 6.18 Å². The topological polar surface area (TPSA) is 32.9 Å². The molecule has 112 valence electrons. The first-order chi connectivity index (χ1) is 10.4. The summed E-state index contributed by atoms with van der Waals surface area (Å²) in [5.74, 6) is 0. The Morgan fingerprint density at radius 3 is 2.55 bits per heavy atom. The van der Waals surface area contributed by atoms with Crippen LogP contribution in [-0.4, -0.2) is 4.98 Å². The SMILES string of the molecule is O=c1[nH]ccc2cccc(-c3ccc(Cl)c(C(F)(F)F)c3)c12. The average Bonchev–Trinajstić information content (AvgIpc) is 2.46. The molecule has 3 rings (SSSR count). The number of H-pyrrole nitrogens is 1. The second kappa shape index (κ2) is 5.18. The molecular weight excluding hydrogens is 315 g/mol. The van der Waals surface area contributed by atoms with Crippen LogP contribution in [0.2, 0.25) is 5.02 Å². The largest absolute Gasteiger partial charge is 0.417 e. The van der Waals surface area contributed by atoms with Gasteiger partial charge in [0.1, 0.15) is 0 Å². The molecule has 0 aliphatic heterocycles. The molecule has 1 heterocycles. The normalized spacial score (nSPS) is 11.8. The summed E-state index contributed by atoms with van der Waals surface area (Å²) in [6.45, 7) is 0. The lowest BCUT2D eigenvalue weighted by Crippen LogP contribution is -2.07. The van der Waals surface area contributed by atoms with E-state index < -0.39 is 11.7 Å². The molecule has 0 amide bonds. The third kappa shape index (κ3) is 2.48. The summed E-state index contributed by atoms with van der Waals surface area (Å²) >= 11 is 5.63. The maximum atomic E-state index is 13.0. The monoisotopic (exact) mass is 323 g/mol. The molecular formula is C16H9ClF3NO. The second-order valence-corrected chi connectivity index (χ2v) is 5.18. The lowest BCUT2D eigenvalue weighted by molar-refractivity contribution is -0.137. The Kier molecular flexibility index (Phi) is 3.45. The highest BCUT2D eigenvalue weighted by Crippen LogP contribution is 2.38. The Morgan fingerprint density at radius 2 is 1.82 bits per heavy atom. The van der Waals surface area contributed by atoms with Crippen LogP contribution in [0.5, 0.6) is 0 Å². The predicted molar refractivity (Wildman–Crippen MR) is 80.0 cm³/mol. The van der Waals surface area contributed by atoms with Gasteiger partial charge in [-0.05, 0) is 34.7 Å². The van der Waals surface area contributed by atoms with Crippen molar-refractivity contribution >= 4 is 22.4 Å². The fraction of sp³-hybridized carbons (Fsp3) is 0.0625. The number of benzene rings is 2. The average molecular weight is 324 g/mol. The van der Waals surface area contributed by atoms with E-state index in [0.717, 1.165) is 6.07 Å². The molecule has 1 aromatic heterocycles. The van der Waals surface area contributed by atoms with Gasteiger partial charge in [0.2, 0.25) is 0 Å². The maximum Gasteiger partial charge on any atom is 0.417 e. The first-order valence-electron chi connectivity index (χ1n) is 6.35. The Balaban J connectivity index is 2.32. The molecule has 1 N–H and O–H groups in total. The Labute approximate surface area is 128 Å². The zero-order valence-electron chi connectivity index (χ0n) is 11.0. The van der Waals surface area contributed by atoms with E-state index in [1.165, 1.54) is 18.3 Å². The van der Waals surface area contributed by atoms with Gasteiger partial charge in [0.15, 0.2) is 0 Å². The lowest BCUT2D eigenvalue weighted by Gasteiger charge is -2.12. The molecule has 0 spiro atoms. The summed E-state index contributed by atoms with van der Waals surface area (Å²) in [6.07, 6.45) is -3.05. The molecule has 6 heteroatoms. The zero-order valence-corrected chi connectivity index (χ0v) is 11.8. The minimum absolute atomic E-state index is 0.291. The van der Waals surface area contributed by atoms with E-state index in [9.17, 15) is 18.0 Å². The number of halogens is 4. The van der Waals surface area contributed by atoms with Gasteiger partial charge in [-0.2, -0.15) is 13.2 Å². The number of rotatable bonds is 1. The number of fused-ring (bicyclic) bond motifs is 1. The molecule has 0 saturated heterocycles. The summed E-state index contributed by atoms with van der Waals surface area (Å²) in [6, 6.07) is 10.4. The van der Waals surface area contributed by atoms with Crippen LogP contribution in [0.3, 0.4) is 0 Å². The van der Waals surface area contributed by atoms with Crippen molar-refractivity contribution in [2.24, 2.45) is 0 Å². The van der Waals surface area contributed by atoms with E-state index in [4.69, 9.17) is 11.6 Å². The number of hydrogen-bond donors (Lipinski definition) is 1. The summed E-state index contributed by atoms with van der Waals surface area (Å²) in [5, 5.41) is 0.635. The van der Waals surface area contributed by atoms with E-state index in [-0.39, 0.29) is 10.6 Å². The van der Waals surface area contributed by atoms with Gasteiger partial charge in [-0.1, -0.05) is 35.9 Å². The number of nitrogens with one attached hydrogen (secondary N) is 1. The van der Waals surface area contributed by atoms with E-state index in [1.807, 2.05) is 0 Å². The molecule has 0 atom stereocenters. The number of aromatic nitrogens is 1. The number of pyridine rings is 1. The minimum atomic E-state index is -4.55. The number of hydrogen-bond acceptors (Lipinski definition) is 1. The Bertz CT molecular complexity index is 910. The third-order valence-corrected chi connectivity index (χ3v) is 3.71. The predicted octanol–water partition coefficient (Wildman–Crippen LogP) is 4.87. The van der Waals surface area contributed by atoms with Crippen LogP contribution in [0.25, 0.3) is 21.9 Å². The minimum Gasteiger partial charge on any atom is -0.329 e. The van der Waals surface area contributed by atoms with Gasteiger partial charge in [0.25, 0.3) is 5.56 Å². The number of alkyl halides is 3. The van der Waals surface area contributed by atoms with Crippen molar-refractivity contribution in [1.82, 2.24) is 4.98 Å². The standard InChI is InChI=1S/C16H9ClF3NO/c17-13-5-4-10(8-12(13)16(18,19)20)11-3-1-2-9-6-7-21-15(22)14(9)11/h1-8H,(H,21,22). The molecule has 0 unspecified atom stereocenters. The van der Waals surface area contributed by atoms with Crippen molar-refractivity contribution in [3.63, 3.8) is 0 Å². The molecule has 0 saturated carbocycles. The van der Waals surface area contributed by atoms with Crippen LogP contribution in [-0.2, 0) is 6.18 Å². The van der Waals surface area contributed by atoms with Crippen LogP contribution in [0, 0.1) is 0 Å². The summed E-state index contributed by atoms with van der Waals surface area (Å²) in [7, 11) is 0. The highest BCUT2D eigenvalue weighted by atomic mass is 35.5. The van der Waals surface area contributed by atoms with Crippen LogP contribution in [0.4, 0.5) is 13.2 Å². The summed E-state index contributed by atoms with van der Waals surface area (Å²) in [4.78, 5) is 14.6. The first-order valence-corrected chi connectivity index (χ1v) is 6.73. The third-order valence-electron chi connectivity index (χ3n) is 3.38. The second-order valence-electron chi connectivity index (χ2n) is 4.77. The van der Waals surface area contributed by atoms with Gasteiger partial charge in [0.05, 0.1) is 16.0 Å². The molecule has 0 radical (unpaired) electrons. The van der Waals surface area contributed by atoms with Crippen molar-refractivity contribution in [3.8, 4) is 11.1 Å². The van der Waals surface area contributed by atoms with Crippen LogP contribution >= 0.6 is 11.6 Å². The molecule has 2 nitrogen and oxygen atoms in total. The van der Waals surface area contributed by atoms with E-state index in [0.29, 0.717) is 21.9 Å². The van der Waals surface area contributed by atoms with Gasteiger partial charge < -0.3 is 4.98 Å². The zero-order chi connectivity index (χ0) is 15.9. The summed E-state index contributed by atoms with van der Waals surface area (Å²) in [5.41, 5.74) is -0.548. The molecule has 0 aliphatic carbocycles. The quantitative estimate of drug-likeness (QED) is 0.681. The Hall–Kier alpha value is -2.27. The van der Waals surface area contributed by atoms with Crippen molar-refractivity contribution in [2.75, 3.05) is 0 Å². The highest BCUT2D eigenvalue weighted by molar-refractivity contribution is 6.31. The van der Waals surface area contributed by atoms with Gasteiger partial charge in [-0.25, -0.2) is 0 Å². The fourth-order valence-corrected chi connectivity index (χ4v) is 2.62. The van der Waals surface area contributed by atoms with Gasteiger partial charge >= 0.3 is 6.18 Å². The smallest absolute Gasteiger partial charge is 0.329 e. The maximum absolute atomic E-state index is 13.0. The molecule has 0 aliphatic rings. The number of aromatic amines is 1. The van der Waals surface area contributed by atoms with Gasteiger partial charge in [-0.3, -0.25) is 4.79 Å². The Morgan fingerprint density at radius 1 is 1.05 bits per heavy atom. The van der Waals surface area contributed by atoms with Crippen molar-refractivity contribution in [1.29, 1.82) is 0 Å². The van der Waals surface area contributed by atoms with Crippen molar-refractivity contribution < 1.29 is 13.2 Å². The lowest BCUT2D eigenvalue weighted by atomic mass is 9.98. The van der Waals surface area contributed by atoms with Crippen LogP contribution < -0.4 is 5.56 Å². The van der Waals surface area contributed by atoms with Crippen LogP contribution in [0.15, 0.2) is 53.5 Å². The molecule has 2 aromatic carbocycles. The highest BCUT2D eigenvalue weighted by Gasteiger charge is 2.33. The first kappa shape index (κ1) is 14.7. The van der Waals surface area contributed by atoms with E-state index >= 15 is 0 Å².